The third-order valence-corrected chi connectivity index (χ3v) is 4.32. The van der Waals surface area contributed by atoms with Gasteiger partial charge in [-0.25, -0.2) is 0 Å². The first-order valence-corrected chi connectivity index (χ1v) is 7.62. The van der Waals surface area contributed by atoms with Crippen LogP contribution in [0.15, 0.2) is 48.5 Å². The Bertz CT molecular complexity index is 645. The van der Waals surface area contributed by atoms with Gasteiger partial charge in [-0.1, -0.05) is 48.0 Å². The van der Waals surface area contributed by atoms with E-state index in [0.717, 1.165) is 30.6 Å². The minimum Gasteiger partial charge on any atom is -0.312 e. The second-order valence-corrected chi connectivity index (χ2v) is 5.85. The molecule has 1 amide bonds. The molecule has 2 aromatic carbocycles. The molecule has 1 aliphatic rings. The van der Waals surface area contributed by atoms with Gasteiger partial charge in [0.15, 0.2) is 0 Å². The minimum absolute atomic E-state index is 0.100. The van der Waals surface area contributed by atoms with Crippen molar-refractivity contribution >= 4 is 11.6 Å². The first kappa shape index (κ1) is 13.9. The van der Waals surface area contributed by atoms with Crippen LogP contribution in [-0.4, -0.2) is 12.5 Å². The number of hydrogen-bond donors (Lipinski definition) is 0. The molecule has 3 rings (SSSR count). The van der Waals surface area contributed by atoms with Gasteiger partial charge in [-0.2, -0.15) is 0 Å². The van der Waals surface area contributed by atoms with Crippen molar-refractivity contribution in [1.82, 2.24) is 0 Å². The van der Waals surface area contributed by atoms with Gasteiger partial charge in [0.2, 0.25) is 5.91 Å². The van der Waals surface area contributed by atoms with Crippen LogP contribution in [0.1, 0.15) is 36.0 Å². The lowest BCUT2D eigenvalue weighted by atomic mass is 9.95. The Balaban J connectivity index is 1.87. The van der Waals surface area contributed by atoms with E-state index in [0.29, 0.717) is 0 Å². The number of hydrogen-bond acceptors (Lipinski definition) is 1. The predicted octanol–water partition coefficient (Wildman–Crippen LogP) is 4.08. The summed E-state index contributed by atoms with van der Waals surface area (Å²) in [6.45, 7) is 4.90. The molecule has 0 radical (unpaired) electrons. The van der Waals surface area contributed by atoms with Crippen molar-refractivity contribution < 1.29 is 4.79 Å². The van der Waals surface area contributed by atoms with Crippen molar-refractivity contribution in [2.45, 2.75) is 32.6 Å². The molecular formula is C19H21NO. The lowest BCUT2D eigenvalue weighted by Crippen LogP contribution is -2.38. The van der Waals surface area contributed by atoms with Crippen LogP contribution in [-0.2, 0) is 11.2 Å². The van der Waals surface area contributed by atoms with Crippen molar-refractivity contribution in [3.63, 3.8) is 0 Å². The standard InChI is InChI=1S/C19H21NO/c1-14-9-11-16(12-10-14)15(2)19(21)20-13-5-7-17-6-3-4-8-18(17)20/h3-4,6,8-12,15H,5,7,13H2,1-2H3. The van der Waals surface area contributed by atoms with Gasteiger partial charge < -0.3 is 4.90 Å². The molecule has 2 aromatic rings. The maximum Gasteiger partial charge on any atom is 0.234 e. The molecule has 0 N–H and O–H groups in total. The molecule has 1 aliphatic heterocycles. The number of benzene rings is 2. The molecule has 0 aromatic heterocycles. The first-order valence-electron chi connectivity index (χ1n) is 7.62. The van der Waals surface area contributed by atoms with Gasteiger partial charge in [0.1, 0.15) is 0 Å². The van der Waals surface area contributed by atoms with Crippen LogP contribution in [0.3, 0.4) is 0 Å². The van der Waals surface area contributed by atoms with Gasteiger partial charge in [0.05, 0.1) is 5.92 Å². The Labute approximate surface area is 126 Å². The number of rotatable bonds is 2. The van der Waals surface area contributed by atoms with E-state index in [2.05, 4.69) is 49.4 Å². The molecule has 1 heterocycles. The van der Waals surface area contributed by atoms with Gasteiger partial charge >= 0.3 is 0 Å². The first-order chi connectivity index (χ1) is 10.2. The van der Waals surface area contributed by atoms with Crippen LogP contribution in [0.4, 0.5) is 5.69 Å². The number of anilines is 1. The van der Waals surface area contributed by atoms with Crippen LogP contribution in [0.5, 0.6) is 0 Å². The van der Waals surface area contributed by atoms with Crippen LogP contribution in [0.25, 0.3) is 0 Å². The smallest absolute Gasteiger partial charge is 0.234 e. The lowest BCUT2D eigenvalue weighted by Gasteiger charge is -2.31. The number of fused-ring (bicyclic) bond motifs is 1. The van der Waals surface area contributed by atoms with Crippen molar-refractivity contribution in [3.05, 3.63) is 65.2 Å². The molecule has 0 spiro atoms. The fourth-order valence-electron chi connectivity index (χ4n) is 2.99. The average Bonchev–Trinajstić information content (AvgIpc) is 2.53. The van der Waals surface area contributed by atoms with Crippen LogP contribution in [0.2, 0.25) is 0 Å². The molecule has 0 saturated heterocycles. The van der Waals surface area contributed by atoms with Gasteiger partial charge in [-0.05, 0) is 43.9 Å². The highest BCUT2D eigenvalue weighted by Gasteiger charge is 2.26. The molecule has 0 bridgehead atoms. The Morgan fingerprint density at radius 2 is 1.81 bits per heavy atom. The maximum atomic E-state index is 12.9. The number of nitrogens with zero attached hydrogens (tertiary/aromatic N) is 1. The molecule has 2 heteroatoms. The van der Waals surface area contributed by atoms with Gasteiger partial charge in [-0.3, -0.25) is 4.79 Å². The predicted molar refractivity (Wildman–Crippen MR) is 86.7 cm³/mol. The monoisotopic (exact) mass is 279 g/mol. The maximum absolute atomic E-state index is 12.9. The summed E-state index contributed by atoms with van der Waals surface area (Å²) >= 11 is 0. The Morgan fingerprint density at radius 3 is 2.57 bits per heavy atom. The Morgan fingerprint density at radius 1 is 1.10 bits per heavy atom. The zero-order valence-electron chi connectivity index (χ0n) is 12.7. The molecule has 108 valence electrons. The van der Waals surface area contributed by atoms with Crippen LogP contribution < -0.4 is 4.90 Å². The fraction of sp³-hybridized carbons (Fsp3) is 0.316. The summed E-state index contributed by atoms with van der Waals surface area (Å²) < 4.78 is 0. The third kappa shape index (κ3) is 2.71. The van der Waals surface area contributed by atoms with Crippen molar-refractivity contribution in [3.8, 4) is 0 Å². The van der Waals surface area contributed by atoms with Crippen LogP contribution in [0, 0.1) is 6.92 Å². The molecule has 0 fully saturated rings. The zero-order chi connectivity index (χ0) is 14.8. The van der Waals surface area contributed by atoms with E-state index in [-0.39, 0.29) is 11.8 Å². The molecule has 2 nitrogen and oxygen atoms in total. The largest absolute Gasteiger partial charge is 0.312 e. The number of carbonyl (C=O) groups is 1. The summed E-state index contributed by atoms with van der Waals surface area (Å²) in [4.78, 5) is 14.8. The normalized spacial score (nSPS) is 15.4. The number of para-hydroxylation sites is 1. The lowest BCUT2D eigenvalue weighted by molar-refractivity contribution is -0.119. The Kier molecular flexibility index (Phi) is 3.78. The highest BCUT2D eigenvalue weighted by Crippen LogP contribution is 2.30. The molecule has 1 unspecified atom stereocenters. The summed E-state index contributed by atoms with van der Waals surface area (Å²) in [6, 6.07) is 16.5. The van der Waals surface area contributed by atoms with E-state index >= 15 is 0 Å². The summed E-state index contributed by atoms with van der Waals surface area (Å²) in [5.41, 5.74) is 4.69. The van der Waals surface area contributed by atoms with Crippen molar-refractivity contribution in [1.29, 1.82) is 0 Å². The number of aryl methyl sites for hydroxylation is 2. The second kappa shape index (κ2) is 5.72. The Hall–Kier alpha value is -2.09. The van der Waals surface area contributed by atoms with Crippen molar-refractivity contribution in [2.75, 3.05) is 11.4 Å². The number of amides is 1. The molecule has 1 atom stereocenters. The van der Waals surface area contributed by atoms with E-state index < -0.39 is 0 Å². The molecular weight excluding hydrogens is 258 g/mol. The van der Waals surface area contributed by atoms with Gasteiger partial charge in [-0.15, -0.1) is 0 Å². The molecule has 21 heavy (non-hydrogen) atoms. The third-order valence-electron chi connectivity index (χ3n) is 4.32. The van der Waals surface area contributed by atoms with E-state index in [4.69, 9.17) is 0 Å². The van der Waals surface area contributed by atoms with E-state index in [1.165, 1.54) is 11.1 Å². The zero-order valence-corrected chi connectivity index (χ0v) is 12.7. The average molecular weight is 279 g/mol. The molecule has 0 aliphatic carbocycles. The fourth-order valence-corrected chi connectivity index (χ4v) is 2.99. The SMILES string of the molecule is Cc1ccc(C(C)C(=O)N2CCCc3ccccc32)cc1. The highest BCUT2D eigenvalue weighted by molar-refractivity contribution is 5.98. The molecule has 0 saturated carbocycles. The number of carbonyl (C=O) groups excluding carboxylic acids is 1. The highest BCUT2D eigenvalue weighted by atomic mass is 16.2. The van der Waals surface area contributed by atoms with E-state index in [1.54, 1.807) is 0 Å². The van der Waals surface area contributed by atoms with Gasteiger partial charge in [0, 0.05) is 12.2 Å². The summed E-state index contributed by atoms with van der Waals surface area (Å²) in [6.07, 6.45) is 2.11. The van der Waals surface area contributed by atoms with E-state index in [1.807, 2.05) is 17.9 Å². The minimum atomic E-state index is -0.100. The van der Waals surface area contributed by atoms with Crippen molar-refractivity contribution in [2.24, 2.45) is 0 Å². The van der Waals surface area contributed by atoms with Gasteiger partial charge in [0.25, 0.3) is 0 Å². The van der Waals surface area contributed by atoms with Crippen LogP contribution >= 0.6 is 0 Å². The summed E-state index contributed by atoms with van der Waals surface area (Å²) in [7, 11) is 0. The topological polar surface area (TPSA) is 20.3 Å². The van der Waals surface area contributed by atoms with E-state index in [9.17, 15) is 4.79 Å². The quantitative estimate of drug-likeness (QED) is 0.811. The summed E-state index contributed by atoms with van der Waals surface area (Å²) in [5, 5.41) is 0. The summed E-state index contributed by atoms with van der Waals surface area (Å²) in [5.74, 6) is 0.0998. The second-order valence-electron chi connectivity index (χ2n) is 5.85.